The highest BCUT2D eigenvalue weighted by molar-refractivity contribution is 9.10. The van der Waals surface area contributed by atoms with E-state index in [2.05, 4.69) is 21.2 Å². The highest BCUT2D eigenvalue weighted by Crippen LogP contribution is 2.25. The maximum absolute atomic E-state index is 9.44. The van der Waals surface area contributed by atoms with Crippen LogP contribution < -0.4 is 10.1 Å². The van der Waals surface area contributed by atoms with Gasteiger partial charge in [0, 0.05) is 18.3 Å². The van der Waals surface area contributed by atoms with E-state index in [4.69, 9.17) is 10.00 Å². The first-order valence-corrected chi connectivity index (χ1v) is 6.79. The van der Waals surface area contributed by atoms with Gasteiger partial charge in [-0.2, -0.15) is 5.26 Å². The van der Waals surface area contributed by atoms with Crippen LogP contribution in [0.5, 0.6) is 11.5 Å². The van der Waals surface area contributed by atoms with Crippen molar-refractivity contribution in [2.45, 2.75) is 6.54 Å². The van der Waals surface area contributed by atoms with Crippen LogP contribution in [0, 0.1) is 11.3 Å². The average Bonchev–Trinajstić information content (AvgIpc) is 2.47. The predicted molar refractivity (Wildman–Crippen MR) is 80.7 cm³/mol. The Morgan fingerprint density at radius 2 is 2.10 bits per heavy atom. The summed E-state index contributed by atoms with van der Waals surface area (Å²) in [5, 5.41) is 21.2. The quantitative estimate of drug-likeness (QED) is 0.876. The normalized spacial score (nSPS) is 9.80. The summed E-state index contributed by atoms with van der Waals surface area (Å²) in [5.41, 5.74) is 1.95. The number of hydrogen-bond donors (Lipinski definition) is 2. The fraction of sp³-hybridized carbons (Fsp3) is 0.133. The first kappa shape index (κ1) is 14.2. The molecule has 0 aliphatic carbocycles. The molecule has 0 spiro atoms. The Morgan fingerprint density at radius 3 is 2.85 bits per heavy atom. The molecule has 0 unspecified atom stereocenters. The zero-order valence-electron chi connectivity index (χ0n) is 10.6. The van der Waals surface area contributed by atoms with Gasteiger partial charge in [-0.25, -0.2) is 0 Å². The van der Waals surface area contributed by atoms with E-state index in [9.17, 15) is 5.11 Å². The molecule has 4 nitrogen and oxygen atoms in total. The molecular formula is C15H13BrN2O2. The van der Waals surface area contributed by atoms with Gasteiger partial charge in [0.1, 0.15) is 17.6 Å². The highest BCUT2D eigenvalue weighted by atomic mass is 79.9. The molecule has 20 heavy (non-hydrogen) atoms. The molecule has 0 aromatic heterocycles. The van der Waals surface area contributed by atoms with Crippen LogP contribution >= 0.6 is 15.9 Å². The molecule has 2 rings (SSSR count). The molecule has 0 amide bonds. The molecule has 0 radical (unpaired) electrons. The summed E-state index contributed by atoms with van der Waals surface area (Å²) in [6, 6.07) is 14.7. The molecule has 0 heterocycles. The van der Waals surface area contributed by atoms with Crippen molar-refractivity contribution in [2.75, 3.05) is 11.9 Å². The van der Waals surface area contributed by atoms with E-state index in [0.29, 0.717) is 16.8 Å². The van der Waals surface area contributed by atoms with Crippen LogP contribution in [0.4, 0.5) is 5.69 Å². The lowest BCUT2D eigenvalue weighted by atomic mass is 10.2. The Hall–Kier alpha value is -2.19. The average molecular weight is 333 g/mol. The van der Waals surface area contributed by atoms with Crippen LogP contribution in [0.3, 0.4) is 0 Å². The van der Waals surface area contributed by atoms with Crippen molar-refractivity contribution in [3.05, 3.63) is 52.5 Å². The molecule has 0 saturated carbocycles. The lowest BCUT2D eigenvalue weighted by molar-refractivity contribution is 0.368. The van der Waals surface area contributed by atoms with Gasteiger partial charge >= 0.3 is 0 Å². The smallest absolute Gasteiger partial charge is 0.174 e. The number of phenols is 1. The molecule has 0 aliphatic rings. The van der Waals surface area contributed by atoms with Crippen LogP contribution in [-0.2, 0) is 6.54 Å². The summed E-state index contributed by atoms with van der Waals surface area (Å²) in [6.07, 6.45) is 0. The molecular weight excluding hydrogens is 320 g/mol. The second-order valence-electron chi connectivity index (χ2n) is 4.11. The molecule has 0 aliphatic heterocycles. The van der Waals surface area contributed by atoms with Crippen LogP contribution in [0.1, 0.15) is 5.56 Å². The summed E-state index contributed by atoms with van der Waals surface area (Å²) in [7, 11) is 0. The number of benzene rings is 2. The molecule has 2 N–H and O–H groups in total. The third kappa shape index (κ3) is 3.90. The van der Waals surface area contributed by atoms with E-state index in [0.717, 1.165) is 11.3 Å². The monoisotopic (exact) mass is 332 g/mol. The van der Waals surface area contributed by atoms with Crippen molar-refractivity contribution < 1.29 is 9.84 Å². The van der Waals surface area contributed by atoms with Crippen molar-refractivity contribution in [3.8, 4) is 17.6 Å². The topological polar surface area (TPSA) is 65.3 Å². The number of phenolic OH excluding ortho intramolecular Hbond substituents is 1. The van der Waals surface area contributed by atoms with Gasteiger partial charge in [0.05, 0.1) is 4.47 Å². The number of ether oxygens (including phenoxy) is 1. The van der Waals surface area contributed by atoms with Gasteiger partial charge in [0.15, 0.2) is 6.61 Å². The molecule has 2 aromatic rings. The lowest BCUT2D eigenvalue weighted by Gasteiger charge is -2.09. The zero-order valence-corrected chi connectivity index (χ0v) is 12.2. The van der Waals surface area contributed by atoms with E-state index < -0.39 is 0 Å². The van der Waals surface area contributed by atoms with Crippen molar-refractivity contribution in [2.24, 2.45) is 0 Å². The van der Waals surface area contributed by atoms with Crippen molar-refractivity contribution in [1.82, 2.24) is 0 Å². The Bertz CT molecular complexity index is 638. The second kappa shape index (κ2) is 6.83. The molecule has 5 heteroatoms. The zero-order chi connectivity index (χ0) is 14.4. The molecule has 2 aromatic carbocycles. The second-order valence-corrected chi connectivity index (χ2v) is 4.97. The van der Waals surface area contributed by atoms with Gasteiger partial charge < -0.3 is 15.2 Å². The lowest BCUT2D eigenvalue weighted by Crippen LogP contribution is -2.00. The van der Waals surface area contributed by atoms with Gasteiger partial charge in [-0.15, -0.1) is 0 Å². The van der Waals surface area contributed by atoms with Crippen LogP contribution in [-0.4, -0.2) is 11.7 Å². The van der Waals surface area contributed by atoms with Crippen LogP contribution in [0.2, 0.25) is 0 Å². The van der Waals surface area contributed by atoms with Gasteiger partial charge in [0.2, 0.25) is 0 Å². The van der Waals surface area contributed by atoms with E-state index in [1.165, 1.54) is 0 Å². The molecule has 102 valence electrons. The molecule has 0 bridgehead atoms. The van der Waals surface area contributed by atoms with Crippen molar-refractivity contribution in [1.29, 1.82) is 5.26 Å². The molecule has 0 fully saturated rings. The van der Waals surface area contributed by atoms with Gasteiger partial charge in [-0.1, -0.05) is 12.1 Å². The number of anilines is 1. The van der Waals surface area contributed by atoms with Gasteiger partial charge in [0.25, 0.3) is 0 Å². The summed E-state index contributed by atoms with van der Waals surface area (Å²) >= 11 is 3.28. The minimum atomic E-state index is 0.0361. The fourth-order valence-corrected chi connectivity index (χ4v) is 2.10. The Morgan fingerprint density at radius 1 is 1.25 bits per heavy atom. The number of nitrogens with one attached hydrogen (secondary N) is 1. The standard InChI is InChI=1S/C15H13BrN2O2/c16-14-8-11(4-5-15(14)19)10-18-12-2-1-3-13(9-12)20-7-6-17/h1-5,8-9,18-19H,7,10H2. The minimum absolute atomic E-state index is 0.0361. The number of aromatic hydroxyl groups is 1. The first-order chi connectivity index (χ1) is 9.69. The van der Waals surface area contributed by atoms with E-state index in [1.54, 1.807) is 12.1 Å². The van der Waals surface area contributed by atoms with Gasteiger partial charge in [-0.3, -0.25) is 0 Å². The van der Waals surface area contributed by atoms with E-state index >= 15 is 0 Å². The summed E-state index contributed by atoms with van der Waals surface area (Å²) in [4.78, 5) is 0. The van der Waals surface area contributed by atoms with Crippen molar-refractivity contribution in [3.63, 3.8) is 0 Å². The number of hydrogen-bond acceptors (Lipinski definition) is 4. The van der Waals surface area contributed by atoms with E-state index in [-0.39, 0.29) is 12.4 Å². The fourth-order valence-electron chi connectivity index (χ4n) is 1.68. The Labute approximate surface area is 125 Å². The number of halogens is 1. The van der Waals surface area contributed by atoms with Crippen LogP contribution in [0.25, 0.3) is 0 Å². The van der Waals surface area contributed by atoms with Crippen LogP contribution in [0.15, 0.2) is 46.9 Å². The third-order valence-electron chi connectivity index (χ3n) is 2.65. The molecule has 0 atom stereocenters. The summed E-state index contributed by atoms with van der Waals surface area (Å²) < 4.78 is 5.91. The number of nitrogens with zero attached hydrogens (tertiary/aromatic N) is 1. The highest BCUT2D eigenvalue weighted by Gasteiger charge is 2.01. The Balaban J connectivity index is 1.99. The Kier molecular flexibility index (Phi) is 4.85. The SMILES string of the molecule is N#CCOc1cccc(NCc2ccc(O)c(Br)c2)c1. The minimum Gasteiger partial charge on any atom is -0.507 e. The third-order valence-corrected chi connectivity index (χ3v) is 3.28. The summed E-state index contributed by atoms with van der Waals surface area (Å²) in [5.74, 6) is 0.879. The predicted octanol–water partition coefficient (Wildman–Crippen LogP) is 3.67. The largest absolute Gasteiger partial charge is 0.507 e. The maximum Gasteiger partial charge on any atom is 0.174 e. The maximum atomic E-state index is 9.44. The number of nitriles is 1. The molecule has 0 saturated heterocycles. The first-order valence-electron chi connectivity index (χ1n) is 6.00. The van der Waals surface area contributed by atoms with Crippen molar-refractivity contribution >= 4 is 21.6 Å². The summed E-state index contributed by atoms with van der Waals surface area (Å²) in [6.45, 7) is 0.662. The van der Waals surface area contributed by atoms with E-state index in [1.807, 2.05) is 36.4 Å². The van der Waals surface area contributed by atoms with Gasteiger partial charge in [-0.05, 0) is 45.8 Å². The number of rotatable bonds is 5.